The lowest BCUT2D eigenvalue weighted by molar-refractivity contribution is -0.123. The Morgan fingerprint density at radius 1 is 1.17 bits per heavy atom. The average Bonchev–Trinajstić information content (AvgIpc) is 2.55. The van der Waals surface area contributed by atoms with Crippen molar-refractivity contribution in [2.24, 2.45) is 0 Å². The van der Waals surface area contributed by atoms with Crippen LogP contribution in [0.2, 0.25) is 0 Å². The number of hydrogen-bond acceptors (Lipinski definition) is 3. The molecule has 0 aliphatic heterocycles. The first-order valence-electron chi connectivity index (χ1n) is 7.29. The van der Waals surface area contributed by atoms with Crippen LogP contribution in [0.1, 0.15) is 29.7 Å². The number of rotatable bonds is 6. The second-order valence-electron chi connectivity index (χ2n) is 5.01. The molecule has 2 aromatic rings. The predicted molar refractivity (Wildman–Crippen MR) is 83.8 cm³/mol. The van der Waals surface area contributed by atoms with E-state index in [1.54, 1.807) is 6.07 Å². The molecule has 23 heavy (non-hydrogen) atoms. The van der Waals surface area contributed by atoms with Gasteiger partial charge >= 0.3 is 0 Å². The number of aromatic nitrogens is 1. The van der Waals surface area contributed by atoms with E-state index in [4.69, 9.17) is 0 Å². The van der Waals surface area contributed by atoms with Crippen LogP contribution in [0.5, 0.6) is 0 Å². The van der Waals surface area contributed by atoms with E-state index in [1.807, 2.05) is 6.92 Å². The number of halogens is 1. The smallest absolute Gasteiger partial charge is 0.251 e. The van der Waals surface area contributed by atoms with Crippen LogP contribution in [0.25, 0.3) is 0 Å². The molecule has 120 valence electrons. The van der Waals surface area contributed by atoms with Gasteiger partial charge in [-0.15, -0.1) is 0 Å². The highest BCUT2D eigenvalue weighted by molar-refractivity contribution is 6.11. The van der Waals surface area contributed by atoms with E-state index in [1.165, 1.54) is 30.5 Å². The van der Waals surface area contributed by atoms with Crippen molar-refractivity contribution < 1.29 is 14.0 Å². The van der Waals surface area contributed by atoms with Crippen LogP contribution < -0.4 is 10.9 Å². The maximum atomic E-state index is 13.0. The molecule has 1 unspecified atom stereocenters. The lowest BCUT2D eigenvalue weighted by atomic mass is 10.0. The van der Waals surface area contributed by atoms with Gasteiger partial charge in [-0.1, -0.05) is 13.0 Å². The summed E-state index contributed by atoms with van der Waals surface area (Å²) < 4.78 is 14.1. The topological polar surface area (TPSA) is 68.2 Å². The van der Waals surface area contributed by atoms with Gasteiger partial charge in [0.15, 0.2) is 11.8 Å². The summed E-state index contributed by atoms with van der Waals surface area (Å²) in [6, 6.07) is 7.93. The molecule has 0 radical (unpaired) electrons. The van der Waals surface area contributed by atoms with Crippen molar-refractivity contribution in [3.05, 3.63) is 70.4 Å². The molecule has 0 fully saturated rings. The minimum absolute atomic E-state index is 0.166. The third-order valence-electron chi connectivity index (χ3n) is 3.30. The molecule has 0 aliphatic rings. The third-order valence-corrected chi connectivity index (χ3v) is 3.30. The second kappa shape index (κ2) is 7.49. The van der Waals surface area contributed by atoms with Crippen molar-refractivity contribution in [2.45, 2.75) is 19.4 Å². The summed E-state index contributed by atoms with van der Waals surface area (Å²) in [6.45, 7) is 2.28. The Kier molecular flexibility index (Phi) is 5.41. The fourth-order valence-electron chi connectivity index (χ4n) is 2.14. The van der Waals surface area contributed by atoms with E-state index in [0.717, 1.165) is 16.7 Å². The van der Waals surface area contributed by atoms with E-state index in [2.05, 4.69) is 5.32 Å². The first kappa shape index (κ1) is 16.6. The largest absolute Gasteiger partial charge is 0.354 e. The first-order valence-corrected chi connectivity index (χ1v) is 7.29. The van der Waals surface area contributed by atoms with Crippen LogP contribution >= 0.6 is 0 Å². The molecule has 0 saturated heterocycles. The van der Waals surface area contributed by atoms with Crippen LogP contribution in [0.4, 0.5) is 4.39 Å². The zero-order valence-electron chi connectivity index (χ0n) is 12.7. The number of benzene rings is 1. The average molecular weight is 316 g/mol. The monoisotopic (exact) mass is 316 g/mol. The van der Waals surface area contributed by atoms with Crippen LogP contribution in [0.15, 0.2) is 53.5 Å². The highest BCUT2D eigenvalue weighted by Crippen LogP contribution is 2.14. The molecule has 1 amide bonds. The summed E-state index contributed by atoms with van der Waals surface area (Å²) in [5.74, 6) is -1.60. The maximum absolute atomic E-state index is 13.0. The first-order chi connectivity index (χ1) is 11.0. The summed E-state index contributed by atoms with van der Waals surface area (Å²) in [5, 5.41) is 2.63. The van der Waals surface area contributed by atoms with E-state index in [9.17, 15) is 18.8 Å². The van der Waals surface area contributed by atoms with Gasteiger partial charge in [0.25, 0.3) is 11.5 Å². The summed E-state index contributed by atoms with van der Waals surface area (Å²) >= 11 is 0. The van der Waals surface area contributed by atoms with Gasteiger partial charge in [-0.05, 0) is 36.8 Å². The zero-order valence-corrected chi connectivity index (χ0v) is 12.7. The quantitative estimate of drug-likeness (QED) is 0.654. The third kappa shape index (κ3) is 3.91. The fourth-order valence-corrected chi connectivity index (χ4v) is 2.14. The summed E-state index contributed by atoms with van der Waals surface area (Å²) in [4.78, 5) is 37.0. The molecule has 1 aromatic carbocycles. The number of pyridine rings is 1. The van der Waals surface area contributed by atoms with Crippen LogP contribution in [-0.4, -0.2) is 22.8 Å². The number of nitrogens with one attached hydrogen (secondary N) is 1. The Bertz CT molecular complexity index is 753. The van der Waals surface area contributed by atoms with Gasteiger partial charge < -0.3 is 5.32 Å². The molecule has 2 rings (SSSR count). The molecule has 0 spiro atoms. The fraction of sp³-hybridized carbons (Fsp3) is 0.235. The summed E-state index contributed by atoms with van der Waals surface area (Å²) in [6.07, 6.45) is 2.09. The van der Waals surface area contributed by atoms with Crippen molar-refractivity contribution in [2.75, 3.05) is 6.54 Å². The van der Waals surface area contributed by atoms with E-state index >= 15 is 0 Å². The maximum Gasteiger partial charge on any atom is 0.251 e. The van der Waals surface area contributed by atoms with E-state index < -0.39 is 29.1 Å². The molecule has 0 bridgehead atoms. The molecular weight excluding hydrogens is 299 g/mol. The number of nitrogens with zero attached hydrogens (tertiary/aromatic N) is 1. The Morgan fingerprint density at radius 3 is 2.48 bits per heavy atom. The van der Waals surface area contributed by atoms with Gasteiger partial charge in [0, 0.05) is 24.4 Å². The standard InChI is InChI=1S/C17H17FN2O3/c1-2-10-19-17(23)15(20-11-4-3-5-14(20)21)16(22)12-6-8-13(18)9-7-12/h3-9,11,15H,2,10H2,1H3,(H,19,23). The number of Topliss-reactive ketones (excluding diaryl/α,β-unsaturated/α-hetero) is 1. The van der Waals surface area contributed by atoms with Crippen LogP contribution in [0.3, 0.4) is 0 Å². The van der Waals surface area contributed by atoms with Crippen molar-refractivity contribution in [3.8, 4) is 0 Å². The molecule has 0 aliphatic carbocycles. The molecule has 5 nitrogen and oxygen atoms in total. The van der Waals surface area contributed by atoms with Crippen molar-refractivity contribution in [3.63, 3.8) is 0 Å². The Labute approximate surface area is 132 Å². The molecule has 6 heteroatoms. The molecule has 1 N–H and O–H groups in total. The molecule has 0 saturated carbocycles. The SMILES string of the molecule is CCCNC(=O)C(C(=O)c1ccc(F)cc1)n1ccccc1=O. The number of ketones is 1. The van der Waals surface area contributed by atoms with Crippen molar-refractivity contribution in [1.29, 1.82) is 0 Å². The highest BCUT2D eigenvalue weighted by atomic mass is 19.1. The summed E-state index contributed by atoms with van der Waals surface area (Å²) in [5.41, 5.74) is -0.293. The van der Waals surface area contributed by atoms with Crippen LogP contribution in [-0.2, 0) is 4.79 Å². The predicted octanol–water partition coefficient (Wildman–Crippen LogP) is 1.94. The lowest BCUT2D eigenvalue weighted by Gasteiger charge is -2.18. The zero-order chi connectivity index (χ0) is 16.8. The molecule has 1 atom stereocenters. The number of hydrogen-bond donors (Lipinski definition) is 1. The number of carbonyl (C=O) groups excluding carboxylic acids is 2. The van der Waals surface area contributed by atoms with Crippen molar-refractivity contribution in [1.82, 2.24) is 9.88 Å². The Hall–Kier alpha value is -2.76. The molecule has 1 heterocycles. The highest BCUT2D eigenvalue weighted by Gasteiger charge is 2.29. The van der Waals surface area contributed by atoms with Crippen molar-refractivity contribution >= 4 is 11.7 Å². The number of amides is 1. The molecule has 1 aromatic heterocycles. The lowest BCUT2D eigenvalue weighted by Crippen LogP contribution is -2.41. The van der Waals surface area contributed by atoms with Gasteiger partial charge in [-0.25, -0.2) is 4.39 Å². The Balaban J connectivity index is 2.43. The minimum atomic E-state index is -1.32. The second-order valence-corrected chi connectivity index (χ2v) is 5.01. The summed E-state index contributed by atoms with van der Waals surface area (Å²) in [7, 11) is 0. The minimum Gasteiger partial charge on any atom is -0.354 e. The van der Waals surface area contributed by atoms with E-state index in [-0.39, 0.29) is 5.56 Å². The number of carbonyl (C=O) groups is 2. The van der Waals surface area contributed by atoms with E-state index in [0.29, 0.717) is 13.0 Å². The normalized spacial score (nSPS) is 11.7. The molecular formula is C17H17FN2O3. The van der Waals surface area contributed by atoms with Crippen LogP contribution in [0, 0.1) is 5.82 Å². The van der Waals surface area contributed by atoms with Gasteiger partial charge in [-0.2, -0.15) is 0 Å². The Morgan fingerprint density at radius 2 is 1.87 bits per heavy atom. The van der Waals surface area contributed by atoms with Gasteiger partial charge in [0.2, 0.25) is 0 Å². The van der Waals surface area contributed by atoms with Gasteiger partial charge in [0.05, 0.1) is 0 Å². The van der Waals surface area contributed by atoms with Gasteiger partial charge in [-0.3, -0.25) is 19.0 Å². The van der Waals surface area contributed by atoms with Gasteiger partial charge in [0.1, 0.15) is 5.82 Å².